The van der Waals surface area contributed by atoms with E-state index in [1.54, 1.807) is 31.4 Å². The van der Waals surface area contributed by atoms with E-state index in [9.17, 15) is 4.79 Å². The molecule has 0 heterocycles. The molecule has 0 spiro atoms. The Morgan fingerprint density at radius 2 is 1.91 bits per heavy atom. The molecule has 0 aliphatic carbocycles. The second-order valence-corrected chi connectivity index (χ2v) is 4.60. The first-order valence-corrected chi connectivity index (χ1v) is 6.63. The number of nitrogens with zero attached hydrogens (tertiary/aromatic N) is 1. The van der Waals surface area contributed by atoms with Crippen LogP contribution in [0.3, 0.4) is 0 Å². The van der Waals surface area contributed by atoms with Crippen molar-refractivity contribution in [2.24, 2.45) is 10.9 Å². The number of anilines is 1. The normalized spacial score (nSPS) is 11.0. The van der Waals surface area contributed by atoms with E-state index in [-0.39, 0.29) is 18.2 Å². The molecule has 0 bridgehead atoms. The fourth-order valence-electron chi connectivity index (χ4n) is 2.01. The molecule has 2 aromatic rings. The number of hydrogen-bond acceptors (Lipinski definition) is 4. The lowest BCUT2D eigenvalue weighted by Crippen LogP contribution is -2.16. The average Bonchev–Trinajstić information content (AvgIpc) is 2.55. The molecular formula is C16H17N3O3. The first-order chi connectivity index (χ1) is 10.6. The van der Waals surface area contributed by atoms with Crippen molar-refractivity contribution in [1.29, 1.82) is 0 Å². The summed E-state index contributed by atoms with van der Waals surface area (Å²) in [6.07, 6.45) is 0.214. The largest absolute Gasteiger partial charge is 0.496 e. The molecule has 2 rings (SSSR count). The smallest absolute Gasteiger partial charge is 0.228 e. The minimum absolute atomic E-state index is 0.0203. The number of rotatable bonds is 5. The van der Waals surface area contributed by atoms with Crippen molar-refractivity contribution >= 4 is 17.4 Å². The van der Waals surface area contributed by atoms with Crippen LogP contribution < -0.4 is 15.8 Å². The van der Waals surface area contributed by atoms with Gasteiger partial charge in [0.25, 0.3) is 0 Å². The minimum atomic E-state index is -0.152. The van der Waals surface area contributed by atoms with Crippen molar-refractivity contribution in [3.8, 4) is 5.75 Å². The molecule has 0 fully saturated rings. The van der Waals surface area contributed by atoms with E-state index >= 15 is 0 Å². The lowest BCUT2D eigenvalue weighted by Gasteiger charge is -2.09. The van der Waals surface area contributed by atoms with Crippen molar-refractivity contribution in [3.05, 3.63) is 59.7 Å². The number of amides is 1. The van der Waals surface area contributed by atoms with E-state index in [0.717, 1.165) is 5.56 Å². The van der Waals surface area contributed by atoms with Crippen molar-refractivity contribution in [1.82, 2.24) is 0 Å². The molecular weight excluding hydrogens is 282 g/mol. The number of methoxy groups -OCH3 is 1. The molecule has 4 N–H and O–H groups in total. The molecule has 2 aromatic carbocycles. The van der Waals surface area contributed by atoms with Gasteiger partial charge in [-0.1, -0.05) is 23.4 Å². The number of hydrogen-bond donors (Lipinski definition) is 3. The van der Waals surface area contributed by atoms with E-state index in [2.05, 4.69) is 10.5 Å². The van der Waals surface area contributed by atoms with Gasteiger partial charge in [0.05, 0.1) is 13.5 Å². The molecule has 0 aliphatic rings. The average molecular weight is 299 g/mol. The van der Waals surface area contributed by atoms with E-state index in [4.69, 9.17) is 15.7 Å². The Hall–Kier alpha value is -3.02. The van der Waals surface area contributed by atoms with Gasteiger partial charge in [0, 0.05) is 16.8 Å². The number of para-hydroxylation sites is 1. The maximum absolute atomic E-state index is 12.1. The first kappa shape index (κ1) is 15.4. The Balaban J connectivity index is 2.03. The van der Waals surface area contributed by atoms with Crippen LogP contribution in [0.25, 0.3) is 0 Å². The zero-order valence-electron chi connectivity index (χ0n) is 12.1. The van der Waals surface area contributed by atoms with Gasteiger partial charge in [-0.2, -0.15) is 0 Å². The molecule has 0 unspecified atom stereocenters. The quantitative estimate of drug-likeness (QED) is 0.340. The second-order valence-electron chi connectivity index (χ2n) is 4.60. The summed E-state index contributed by atoms with van der Waals surface area (Å²) in [5.41, 5.74) is 7.50. The Bertz CT molecular complexity index is 681. The summed E-state index contributed by atoms with van der Waals surface area (Å²) in [4.78, 5) is 12.1. The fraction of sp³-hybridized carbons (Fsp3) is 0.125. The van der Waals surface area contributed by atoms with Gasteiger partial charge >= 0.3 is 0 Å². The summed E-state index contributed by atoms with van der Waals surface area (Å²) in [5.74, 6) is 0.549. The van der Waals surface area contributed by atoms with Crippen LogP contribution in [-0.4, -0.2) is 24.1 Å². The minimum Gasteiger partial charge on any atom is -0.496 e. The van der Waals surface area contributed by atoms with Crippen LogP contribution >= 0.6 is 0 Å². The molecule has 0 aliphatic heterocycles. The predicted octanol–water partition coefficient (Wildman–Crippen LogP) is 1.97. The number of ether oxygens (including phenoxy) is 1. The highest BCUT2D eigenvalue weighted by Gasteiger charge is 2.08. The topological polar surface area (TPSA) is 96.9 Å². The van der Waals surface area contributed by atoms with E-state index < -0.39 is 0 Å². The maximum Gasteiger partial charge on any atom is 0.228 e. The fourth-order valence-corrected chi connectivity index (χ4v) is 2.01. The van der Waals surface area contributed by atoms with Gasteiger partial charge in [-0.3, -0.25) is 4.79 Å². The van der Waals surface area contributed by atoms with E-state index in [1.807, 2.05) is 24.3 Å². The molecule has 0 saturated heterocycles. The highest BCUT2D eigenvalue weighted by molar-refractivity contribution is 5.98. The standard InChI is InChI=1S/C16H17N3O3/c1-22-14-5-3-2-4-12(14)10-15(20)18-13-8-6-11(7-9-13)16(17)19-21/h2-9,21H,10H2,1H3,(H2,17,19)(H,18,20). The number of nitrogens with one attached hydrogen (secondary N) is 1. The molecule has 114 valence electrons. The third kappa shape index (κ3) is 3.76. The monoisotopic (exact) mass is 299 g/mol. The predicted molar refractivity (Wildman–Crippen MR) is 84.3 cm³/mol. The number of nitrogens with two attached hydrogens (primary N) is 1. The van der Waals surface area contributed by atoms with Crippen molar-refractivity contribution in [3.63, 3.8) is 0 Å². The van der Waals surface area contributed by atoms with Crippen LogP contribution in [-0.2, 0) is 11.2 Å². The molecule has 6 nitrogen and oxygen atoms in total. The van der Waals surface area contributed by atoms with Gasteiger partial charge in [0.1, 0.15) is 5.75 Å². The summed E-state index contributed by atoms with van der Waals surface area (Å²) in [5, 5.41) is 14.3. The first-order valence-electron chi connectivity index (χ1n) is 6.63. The number of carbonyl (C=O) groups excluding carboxylic acids is 1. The van der Waals surface area contributed by atoms with Crippen LogP contribution in [0.2, 0.25) is 0 Å². The van der Waals surface area contributed by atoms with Crippen LogP contribution in [0, 0.1) is 0 Å². The van der Waals surface area contributed by atoms with Crippen molar-refractivity contribution in [2.45, 2.75) is 6.42 Å². The molecule has 1 amide bonds. The summed E-state index contributed by atoms with van der Waals surface area (Å²) in [6, 6.07) is 14.1. The highest BCUT2D eigenvalue weighted by Crippen LogP contribution is 2.18. The SMILES string of the molecule is COc1ccccc1CC(=O)Nc1ccc(/C(N)=N/O)cc1. The van der Waals surface area contributed by atoms with Gasteiger partial charge in [-0.05, 0) is 30.3 Å². The Morgan fingerprint density at radius 1 is 1.23 bits per heavy atom. The Kier molecular flexibility index (Phi) is 4.98. The number of carbonyl (C=O) groups is 1. The second kappa shape index (κ2) is 7.12. The summed E-state index contributed by atoms with van der Waals surface area (Å²) in [7, 11) is 1.57. The van der Waals surface area contributed by atoms with Crippen LogP contribution in [0.5, 0.6) is 5.75 Å². The van der Waals surface area contributed by atoms with E-state index in [0.29, 0.717) is 17.0 Å². The Labute approximate surface area is 128 Å². The third-order valence-corrected chi connectivity index (χ3v) is 3.12. The molecule has 22 heavy (non-hydrogen) atoms. The number of benzene rings is 2. The van der Waals surface area contributed by atoms with Crippen LogP contribution in [0.15, 0.2) is 53.7 Å². The summed E-state index contributed by atoms with van der Waals surface area (Å²) < 4.78 is 5.22. The van der Waals surface area contributed by atoms with Crippen molar-refractivity contribution in [2.75, 3.05) is 12.4 Å². The summed E-state index contributed by atoms with van der Waals surface area (Å²) >= 11 is 0. The zero-order chi connectivity index (χ0) is 15.9. The van der Waals surface area contributed by atoms with Crippen LogP contribution in [0.4, 0.5) is 5.69 Å². The zero-order valence-corrected chi connectivity index (χ0v) is 12.1. The molecule has 0 saturated carbocycles. The van der Waals surface area contributed by atoms with Crippen molar-refractivity contribution < 1.29 is 14.7 Å². The molecule has 6 heteroatoms. The lowest BCUT2D eigenvalue weighted by molar-refractivity contribution is -0.115. The molecule has 0 atom stereocenters. The molecule has 0 radical (unpaired) electrons. The Morgan fingerprint density at radius 3 is 2.55 bits per heavy atom. The highest BCUT2D eigenvalue weighted by atomic mass is 16.5. The molecule has 0 aromatic heterocycles. The number of oxime groups is 1. The lowest BCUT2D eigenvalue weighted by atomic mass is 10.1. The van der Waals surface area contributed by atoms with Gasteiger partial charge < -0.3 is 21.0 Å². The van der Waals surface area contributed by atoms with Crippen LogP contribution in [0.1, 0.15) is 11.1 Å². The van der Waals surface area contributed by atoms with Gasteiger partial charge in [-0.25, -0.2) is 0 Å². The van der Waals surface area contributed by atoms with Gasteiger partial charge in [0.15, 0.2) is 5.84 Å². The summed E-state index contributed by atoms with van der Waals surface area (Å²) in [6.45, 7) is 0. The van der Waals surface area contributed by atoms with Gasteiger partial charge in [0.2, 0.25) is 5.91 Å². The third-order valence-electron chi connectivity index (χ3n) is 3.12. The van der Waals surface area contributed by atoms with E-state index in [1.165, 1.54) is 0 Å². The van der Waals surface area contributed by atoms with Gasteiger partial charge in [-0.15, -0.1) is 0 Å². The maximum atomic E-state index is 12.1. The number of amidine groups is 1.